The summed E-state index contributed by atoms with van der Waals surface area (Å²) in [6, 6.07) is 22.6. The van der Waals surface area contributed by atoms with Gasteiger partial charge in [0.05, 0.1) is 11.0 Å². The van der Waals surface area contributed by atoms with Crippen LogP contribution in [-0.2, 0) is 6.42 Å². The second-order valence-electron chi connectivity index (χ2n) is 6.04. The number of rotatable bonds is 4. The Morgan fingerprint density at radius 3 is 2.72 bits per heavy atom. The molecular formula is C22H18N2O. The van der Waals surface area contributed by atoms with E-state index in [-0.39, 0.29) is 0 Å². The average molecular weight is 326 g/mol. The Kier molecular flexibility index (Phi) is 3.90. The summed E-state index contributed by atoms with van der Waals surface area (Å²) in [6.45, 7) is 2.18. The maximum absolute atomic E-state index is 11.0. The molecule has 0 spiro atoms. The zero-order valence-electron chi connectivity index (χ0n) is 14.0. The molecule has 0 radical (unpaired) electrons. The van der Waals surface area contributed by atoms with Crippen LogP contribution in [0.2, 0.25) is 0 Å². The molecule has 3 nitrogen and oxygen atoms in total. The minimum absolute atomic E-state index is 0.642. The lowest BCUT2D eigenvalue weighted by Gasteiger charge is -2.11. The van der Waals surface area contributed by atoms with Crippen molar-refractivity contribution in [2.45, 2.75) is 13.3 Å². The largest absolute Gasteiger partial charge is 0.299 e. The summed E-state index contributed by atoms with van der Waals surface area (Å²) in [5, 5.41) is 0. The molecule has 0 atom stereocenters. The van der Waals surface area contributed by atoms with Crippen molar-refractivity contribution in [3.8, 4) is 16.8 Å². The van der Waals surface area contributed by atoms with E-state index in [1.165, 1.54) is 16.7 Å². The molecule has 4 aromatic rings. The molecule has 1 heterocycles. The molecule has 0 aliphatic heterocycles. The molecule has 0 aliphatic rings. The molecule has 122 valence electrons. The van der Waals surface area contributed by atoms with Crippen LogP contribution in [0, 0.1) is 0 Å². The van der Waals surface area contributed by atoms with Gasteiger partial charge < -0.3 is 0 Å². The Balaban J connectivity index is 1.84. The number of carbonyl (C=O) groups excluding carboxylic acids is 1. The van der Waals surface area contributed by atoms with Crippen molar-refractivity contribution in [1.29, 1.82) is 0 Å². The van der Waals surface area contributed by atoms with Crippen LogP contribution in [0.15, 0.2) is 73.1 Å². The maximum Gasteiger partial charge on any atom is 0.150 e. The third kappa shape index (κ3) is 2.74. The molecule has 0 bridgehead atoms. The van der Waals surface area contributed by atoms with E-state index in [2.05, 4.69) is 65.0 Å². The van der Waals surface area contributed by atoms with Crippen molar-refractivity contribution in [3.63, 3.8) is 0 Å². The number of aryl methyl sites for hydroxylation is 1. The number of hydrogen-bond donors (Lipinski definition) is 0. The highest BCUT2D eigenvalue weighted by Crippen LogP contribution is 2.27. The molecule has 0 amide bonds. The molecule has 0 fully saturated rings. The molecule has 0 unspecified atom stereocenters. The fourth-order valence-corrected chi connectivity index (χ4v) is 3.24. The Bertz CT molecular complexity index is 1060. The van der Waals surface area contributed by atoms with Crippen molar-refractivity contribution in [3.05, 3.63) is 84.2 Å². The van der Waals surface area contributed by atoms with Gasteiger partial charge in [0.1, 0.15) is 12.6 Å². The first kappa shape index (κ1) is 15.3. The summed E-state index contributed by atoms with van der Waals surface area (Å²) < 4.78 is 2.06. The van der Waals surface area contributed by atoms with Gasteiger partial charge in [-0.15, -0.1) is 0 Å². The highest BCUT2D eigenvalue weighted by Gasteiger charge is 2.08. The number of aldehydes is 1. The highest BCUT2D eigenvalue weighted by molar-refractivity contribution is 5.86. The van der Waals surface area contributed by atoms with Crippen molar-refractivity contribution in [2.24, 2.45) is 0 Å². The zero-order chi connectivity index (χ0) is 17.2. The van der Waals surface area contributed by atoms with Crippen molar-refractivity contribution in [2.75, 3.05) is 0 Å². The van der Waals surface area contributed by atoms with E-state index >= 15 is 0 Å². The second kappa shape index (κ2) is 6.36. The smallest absolute Gasteiger partial charge is 0.150 e. The molecule has 25 heavy (non-hydrogen) atoms. The quantitative estimate of drug-likeness (QED) is 0.491. The minimum atomic E-state index is 0.642. The molecule has 0 aliphatic carbocycles. The lowest BCUT2D eigenvalue weighted by atomic mass is 9.98. The lowest BCUT2D eigenvalue weighted by molar-refractivity contribution is 0.112. The van der Waals surface area contributed by atoms with Crippen LogP contribution < -0.4 is 0 Å². The monoisotopic (exact) mass is 326 g/mol. The summed E-state index contributed by atoms with van der Waals surface area (Å²) >= 11 is 0. The summed E-state index contributed by atoms with van der Waals surface area (Å²) in [5.41, 5.74) is 7.32. The third-order valence-corrected chi connectivity index (χ3v) is 4.54. The maximum atomic E-state index is 11.0. The van der Waals surface area contributed by atoms with Crippen LogP contribution in [0.1, 0.15) is 22.8 Å². The first-order chi connectivity index (χ1) is 12.3. The van der Waals surface area contributed by atoms with Crippen molar-refractivity contribution < 1.29 is 4.79 Å². The van der Waals surface area contributed by atoms with Crippen LogP contribution >= 0.6 is 0 Å². The summed E-state index contributed by atoms with van der Waals surface area (Å²) in [6.07, 6.45) is 3.66. The van der Waals surface area contributed by atoms with Crippen molar-refractivity contribution in [1.82, 2.24) is 9.55 Å². The third-order valence-electron chi connectivity index (χ3n) is 4.54. The number of nitrogens with zero attached hydrogens (tertiary/aromatic N) is 2. The predicted molar refractivity (Wildman–Crippen MR) is 101 cm³/mol. The summed E-state index contributed by atoms with van der Waals surface area (Å²) in [4.78, 5) is 15.4. The summed E-state index contributed by atoms with van der Waals surface area (Å²) in [5.74, 6) is 0. The Hall–Kier alpha value is -3.20. The normalized spacial score (nSPS) is 10.9. The van der Waals surface area contributed by atoms with Gasteiger partial charge in [0, 0.05) is 11.3 Å². The van der Waals surface area contributed by atoms with E-state index in [4.69, 9.17) is 0 Å². The first-order valence-corrected chi connectivity index (χ1v) is 8.41. The van der Waals surface area contributed by atoms with E-state index in [1.54, 1.807) is 0 Å². The van der Waals surface area contributed by atoms with Crippen LogP contribution in [0.25, 0.3) is 27.8 Å². The van der Waals surface area contributed by atoms with Gasteiger partial charge >= 0.3 is 0 Å². The van der Waals surface area contributed by atoms with Gasteiger partial charge in [-0.2, -0.15) is 0 Å². The van der Waals surface area contributed by atoms with E-state index in [9.17, 15) is 4.79 Å². The van der Waals surface area contributed by atoms with E-state index < -0.39 is 0 Å². The molecule has 1 aromatic heterocycles. The average Bonchev–Trinajstić information content (AvgIpc) is 3.11. The lowest BCUT2D eigenvalue weighted by Crippen LogP contribution is -1.94. The van der Waals surface area contributed by atoms with Crippen LogP contribution in [-0.4, -0.2) is 15.8 Å². The first-order valence-electron chi connectivity index (χ1n) is 8.41. The van der Waals surface area contributed by atoms with Gasteiger partial charge in [0.25, 0.3) is 0 Å². The molecule has 4 rings (SSSR count). The number of fused-ring (bicyclic) bond motifs is 1. The number of imidazole rings is 1. The molecular weight excluding hydrogens is 308 g/mol. The molecule has 0 saturated heterocycles. The number of carbonyl (C=O) groups is 1. The van der Waals surface area contributed by atoms with Crippen molar-refractivity contribution >= 4 is 17.3 Å². The predicted octanol–water partition coefficient (Wildman–Crippen LogP) is 5.07. The van der Waals surface area contributed by atoms with Gasteiger partial charge in [-0.25, -0.2) is 4.98 Å². The highest BCUT2D eigenvalue weighted by atomic mass is 16.1. The summed E-state index contributed by atoms with van der Waals surface area (Å²) in [7, 11) is 0. The van der Waals surface area contributed by atoms with E-state index in [0.29, 0.717) is 5.56 Å². The minimum Gasteiger partial charge on any atom is -0.299 e. The Morgan fingerprint density at radius 2 is 1.88 bits per heavy atom. The SMILES string of the molecule is CCc1ccccc1-c1cccc(-n2cnc3cc(C=O)ccc32)c1. The molecule has 0 N–H and O–H groups in total. The fourth-order valence-electron chi connectivity index (χ4n) is 3.24. The molecule has 3 aromatic carbocycles. The standard InChI is InChI=1S/C22H18N2O/c1-2-17-6-3-4-9-20(17)18-7-5-8-19(13-18)24-15-23-21-12-16(14-25)10-11-22(21)24/h3-15H,2H2,1H3. The van der Waals surface area contributed by atoms with Gasteiger partial charge in [0.15, 0.2) is 0 Å². The van der Waals surface area contributed by atoms with Crippen LogP contribution in [0.3, 0.4) is 0 Å². The topological polar surface area (TPSA) is 34.9 Å². The van der Waals surface area contributed by atoms with Gasteiger partial charge in [-0.1, -0.05) is 43.3 Å². The molecule has 0 saturated carbocycles. The van der Waals surface area contributed by atoms with Crippen LogP contribution in [0.4, 0.5) is 0 Å². The second-order valence-corrected chi connectivity index (χ2v) is 6.04. The fraction of sp³-hybridized carbons (Fsp3) is 0.0909. The van der Waals surface area contributed by atoms with Gasteiger partial charge in [-0.3, -0.25) is 9.36 Å². The number of benzene rings is 3. The Morgan fingerprint density at radius 1 is 1.00 bits per heavy atom. The molecule has 3 heteroatoms. The number of aromatic nitrogens is 2. The van der Waals surface area contributed by atoms with Gasteiger partial charge in [0.2, 0.25) is 0 Å². The van der Waals surface area contributed by atoms with Gasteiger partial charge in [-0.05, 0) is 53.4 Å². The zero-order valence-corrected chi connectivity index (χ0v) is 14.0. The Labute approximate surface area is 146 Å². The van der Waals surface area contributed by atoms with E-state index in [0.717, 1.165) is 29.4 Å². The van der Waals surface area contributed by atoms with Crippen LogP contribution in [0.5, 0.6) is 0 Å². The number of hydrogen-bond acceptors (Lipinski definition) is 2. The van der Waals surface area contributed by atoms with E-state index in [1.807, 2.05) is 24.5 Å².